The van der Waals surface area contributed by atoms with Gasteiger partial charge in [0.1, 0.15) is 22.3 Å². The van der Waals surface area contributed by atoms with E-state index in [1.807, 2.05) is 13.8 Å². The topological polar surface area (TPSA) is 73.8 Å². The first-order chi connectivity index (χ1) is 11.6. The molecule has 0 spiro atoms. The minimum absolute atomic E-state index is 0.799. The number of aryl methyl sites for hydroxylation is 3. The van der Waals surface area contributed by atoms with Crippen molar-refractivity contribution in [2.24, 2.45) is 0 Å². The maximum absolute atomic E-state index is 4.74. The van der Waals surface area contributed by atoms with Gasteiger partial charge in [-0.05, 0) is 31.7 Å². The number of piperazine rings is 1. The van der Waals surface area contributed by atoms with Gasteiger partial charge in [0, 0.05) is 26.2 Å². The van der Waals surface area contributed by atoms with Crippen molar-refractivity contribution >= 4 is 27.4 Å². The molecule has 8 heteroatoms. The molecular weight excluding hydrogens is 322 g/mol. The summed E-state index contributed by atoms with van der Waals surface area (Å²) in [6, 6.07) is 0. The Morgan fingerprint density at radius 1 is 1.08 bits per heavy atom. The van der Waals surface area contributed by atoms with Crippen LogP contribution in [0.5, 0.6) is 0 Å². The Bertz CT molecular complexity index is 861. The summed E-state index contributed by atoms with van der Waals surface area (Å²) in [5.41, 5.74) is 1.27. The second-order valence-electron chi connectivity index (χ2n) is 6.29. The summed E-state index contributed by atoms with van der Waals surface area (Å²) in [6.07, 6.45) is 0. The third kappa shape index (κ3) is 2.87. The summed E-state index contributed by atoms with van der Waals surface area (Å²) in [7, 11) is 0. The van der Waals surface area contributed by atoms with Crippen LogP contribution in [0.25, 0.3) is 10.2 Å². The molecule has 0 aromatic carbocycles. The van der Waals surface area contributed by atoms with Gasteiger partial charge in [-0.15, -0.1) is 11.3 Å². The molecule has 1 N–H and O–H groups in total. The summed E-state index contributed by atoms with van der Waals surface area (Å²) in [5.74, 6) is 3.67. The Labute approximate surface area is 144 Å². The van der Waals surface area contributed by atoms with Crippen molar-refractivity contribution in [3.63, 3.8) is 0 Å². The van der Waals surface area contributed by atoms with Crippen LogP contribution in [0.3, 0.4) is 0 Å². The van der Waals surface area contributed by atoms with Crippen LogP contribution < -0.4 is 4.90 Å². The first kappa shape index (κ1) is 15.5. The van der Waals surface area contributed by atoms with Gasteiger partial charge in [-0.2, -0.15) is 5.10 Å². The Balaban J connectivity index is 1.51. The van der Waals surface area contributed by atoms with Crippen LogP contribution in [0.2, 0.25) is 0 Å². The lowest BCUT2D eigenvalue weighted by molar-refractivity contribution is 0.244. The maximum atomic E-state index is 4.74. The fourth-order valence-electron chi connectivity index (χ4n) is 3.17. The molecule has 0 amide bonds. The average Bonchev–Trinajstić information content (AvgIpc) is 3.13. The lowest BCUT2D eigenvalue weighted by Gasteiger charge is -2.35. The number of thiophene rings is 1. The number of nitrogens with zero attached hydrogens (tertiary/aromatic N) is 6. The highest BCUT2D eigenvalue weighted by Gasteiger charge is 2.22. The zero-order valence-corrected chi connectivity index (χ0v) is 15.0. The molecule has 4 heterocycles. The molecule has 4 rings (SSSR count). The molecule has 3 aromatic heterocycles. The lowest BCUT2D eigenvalue weighted by atomic mass is 10.2. The highest BCUT2D eigenvalue weighted by Crippen LogP contribution is 2.32. The number of anilines is 1. The van der Waals surface area contributed by atoms with E-state index >= 15 is 0 Å². The van der Waals surface area contributed by atoms with E-state index in [9.17, 15) is 0 Å². The standard InChI is InChI=1S/C16H21N7S/c1-10-9-24-16-14(10)15(18-11(2)19-16)23-6-4-22(5-7-23)8-13-17-12(3)20-21-13/h9H,4-8H2,1-3H3,(H,17,20,21). The number of fused-ring (bicyclic) bond motifs is 1. The van der Waals surface area contributed by atoms with Crippen LogP contribution in [0.15, 0.2) is 5.38 Å². The molecule has 24 heavy (non-hydrogen) atoms. The van der Waals surface area contributed by atoms with E-state index in [2.05, 4.69) is 42.3 Å². The van der Waals surface area contributed by atoms with Gasteiger partial charge in [-0.3, -0.25) is 10.00 Å². The van der Waals surface area contributed by atoms with E-state index in [4.69, 9.17) is 4.98 Å². The van der Waals surface area contributed by atoms with Crippen LogP contribution in [-0.4, -0.2) is 56.2 Å². The van der Waals surface area contributed by atoms with Crippen LogP contribution in [0.4, 0.5) is 5.82 Å². The van der Waals surface area contributed by atoms with E-state index < -0.39 is 0 Å². The summed E-state index contributed by atoms with van der Waals surface area (Å²) < 4.78 is 0. The van der Waals surface area contributed by atoms with Crippen molar-refractivity contribution in [1.29, 1.82) is 0 Å². The summed E-state index contributed by atoms with van der Waals surface area (Å²) >= 11 is 1.70. The van der Waals surface area contributed by atoms with Gasteiger partial charge in [0.15, 0.2) is 5.82 Å². The Kier molecular flexibility index (Phi) is 3.93. The first-order valence-electron chi connectivity index (χ1n) is 8.18. The van der Waals surface area contributed by atoms with Crippen molar-refractivity contribution in [2.45, 2.75) is 27.3 Å². The second-order valence-corrected chi connectivity index (χ2v) is 7.15. The molecule has 3 aromatic rings. The van der Waals surface area contributed by atoms with E-state index in [0.29, 0.717) is 0 Å². The number of hydrogen-bond acceptors (Lipinski definition) is 7. The summed E-state index contributed by atoms with van der Waals surface area (Å²) in [6.45, 7) is 10.7. The van der Waals surface area contributed by atoms with Gasteiger partial charge < -0.3 is 4.90 Å². The molecule has 1 aliphatic rings. The Morgan fingerprint density at radius 3 is 2.58 bits per heavy atom. The number of hydrogen-bond donors (Lipinski definition) is 1. The minimum Gasteiger partial charge on any atom is -0.353 e. The maximum Gasteiger partial charge on any atom is 0.164 e. The third-order valence-corrected chi connectivity index (χ3v) is 5.38. The van der Waals surface area contributed by atoms with Crippen LogP contribution >= 0.6 is 11.3 Å². The molecule has 0 atom stereocenters. The molecule has 1 fully saturated rings. The zero-order valence-electron chi connectivity index (χ0n) is 14.2. The van der Waals surface area contributed by atoms with Gasteiger partial charge in [-0.1, -0.05) is 0 Å². The molecule has 0 aliphatic carbocycles. The molecule has 1 saturated heterocycles. The van der Waals surface area contributed by atoms with Crippen molar-refractivity contribution in [3.8, 4) is 0 Å². The molecule has 1 aliphatic heterocycles. The Hall–Kier alpha value is -2.06. The van der Waals surface area contributed by atoms with Gasteiger partial charge in [-0.25, -0.2) is 15.0 Å². The number of aromatic nitrogens is 5. The van der Waals surface area contributed by atoms with E-state index in [-0.39, 0.29) is 0 Å². The van der Waals surface area contributed by atoms with Gasteiger partial charge in [0.25, 0.3) is 0 Å². The van der Waals surface area contributed by atoms with E-state index in [1.54, 1.807) is 11.3 Å². The monoisotopic (exact) mass is 343 g/mol. The predicted octanol–water partition coefficient (Wildman–Crippen LogP) is 2.06. The number of rotatable bonds is 3. The molecule has 0 unspecified atom stereocenters. The number of nitrogens with one attached hydrogen (secondary N) is 1. The lowest BCUT2D eigenvalue weighted by Crippen LogP contribution is -2.46. The molecule has 7 nitrogen and oxygen atoms in total. The van der Waals surface area contributed by atoms with Gasteiger partial charge >= 0.3 is 0 Å². The SMILES string of the molecule is Cc1nc(N2CCN(Cc3n[nH]c(C)n3)CC2)c2c(C)csc2n1. The van der Waals surface area contributed by atoms with Crippen LogP contribution in [-0.2, 0) is 6.54 Å². The normalized spacial score (nSPS) is 16.2. The zero-order chi connectivity index (χ0) is 16.7. The second kappa shape index (κ2) is 6.10. The highest BCUT2D eigenvalue weighted by atomic mass is 32.1. The smallest absolute Gasteiger partial charge is 0.164 e. The summed E-state index contributed by atoms with van der Waals surface area (Å²) in [4.78, 5) is 19.6. The molecule has 0 radical (unpaired) electrons. The average molecular weight is 343 g/mol. The van der Waals surface area contributed by atoms with Crippen LogP contribution in [0, 0.1) is 20.8 Å². The van der Waals surface area contributed by atoms with Crippen molar-refractivity contribution in [1.82, 2.24) is 30.0 Å². The van der Waals surface area contributed by atoms with Crippen molar-refractivity contribution in [3.05, 3.63) is 28.4 Å². The molecule has 126 valence electrons. The van der Waals surface area contributed by atoms with E-state index in [0.717, 1.165) is 60.8 Å². The number of H-pyrrole nitrogens is 1. The van der Waals surface area contributed by atoms with Gasteiger partial charge in [0.2, 0.25) is 0 Å². The van der Waals surface area contributed by atoms with Gasteiger partial charge in [0.05, 0.1) is 11.9 Å². The first-order valence-corrected chi connectivity index (χ1v) is 9.06. The fraction of sp³-hybridized carbons (Fsp3) is 0.500. The largest absolute Gasteiger partial charge is 0.353 e. The van der Waals surface area contributed by atoms with Crippen molar-refractivity contribution in [2.75, 3.05) is 31.1 Å². The predicted molar refractivity (Wildman–Crippen MR) is 95.5 cm³/mol. The summed E-state index contributed by atoms with van der Waals surface area (Å²) in [5, 5.41) is 10.5. The third-order valence-electron chi connectivity index (χ3n) is 4.39. The van der Waals surface area contributed by atoms with Crippen LogP contribution in [0.1, 0.15) is 23.0 Å². The van der Waals surface area contributed by atoms with E-state index in [1.165, 1.54) is 10.9 Å². The molecule has 0 bridgehead atoms. The molecular formula is C16H21N7S. The fourth-order valence-corrected chi connectivity index (χ4v) is 4.13. The highest BCUT2D eigenvalue weighted by molar-refractivity contribution is 7.17. The van der Waals surface area contributed by atoms with Crippen molar-refractivity contribution < 1.29 is 0 Å². The minimum atomic E-state index is 0.799. The number of aromatic amines is 1. The molecule has 0 saturated carbocycles. The Morgan fingerprint density at radius 2 is 1.88 bits per heavy atom. The quantitative estimate of drug-likeness (QED) is 0.785.